The van der Waals surface area contributed by atoms with Crippen molar-refractivity contribution < 1.29 is 0 Å². The van der Waals surface area contributed by atoms with E-state index in [1.54, 1.807) is 0 Å². The number of fused-ring (bicyclic) bond motifs is 1. The van der Waals surface area contributed by atoms with Gasteiger partial charge in [0.25, 0.3) is 0 Å². The van der Waals surface area contributed by atoms with Crippen molar-refractivity contribution in [2.45, 2.75) is 79.6 Å². The zero-order chi connectivity index (χ0) is 13.2. The van der Waals surface area contributed by atoms with E-state index < -0.39 is 0 Å². The van der Waals surface area contributed by atoms with Crippen molar-refractivity contribution in [2.75, 3.05) is 0 Å². The average molecular weight is 248 g/mol. The van der Waals surface area contributed by atoms with Crippen molar-refractivity contribution >= 4 is 0 Å². The molecule has 18 heavy (non-hydrogen) atoms. The normalized spacial score (nSPS) is 54.2. The van der Waals surface area contributed by atoms with E-state index >= 15 is 0 Å². The van der Waals surface area contributed by atoms with Crippen molar-refractivity contribution in [3.8, 4) is 0 Å². The van der Waals surface area contributed by atoms with Crippen molar-refractivity contribution in [1.29, 1.82) is 0 Å². The predicted molar refractivity (Wildman–Crippen MR) is 78.5 cm³/mol. The second kappa shape index (κ2) is 3.76. The molecule has 0 aromatic heterocycles. The second-order valence-corrected chi connectivity index (χ2v) is 8.60. The smallest absolute Gasteiger partial charge is 0.0209 e. The summed E-state index contributed by atoms with van der Waals surface area (Å²) in [5.74, 6) is 3.06. The topological polar surface area (TPSA) is 0 Å². The summed E-state index contributed by atoms with van der Waals surface area (Å²) in [6.45, 7) is 12.7. The van der Waals surface area contributed by atoms with Crippen molar-refractivity contribution in [3.63, 3.8) is 0 Å². The van der Waals surface area contributed by atoms with Crippen LogP contribution in [0.2, 0.25) is 0 Å². The maximum Gasteiger partial charge on any atom is -0.0209 e. The Hall–Kier alpha value is 0. The summed E-state index contributed by atoms with van der Waals surface area (Å²) in [5, 5.41) is 0. The molecular formula is C18H32. The molecule has 0 amide bonds. The summed E-state index contributed by atoms with van der Waals surface area (Å²) in [6, 6.07) is 0. The third-order valence-corrected chi connectivity index (χ3v) is 8.05. The van der Waals surface area contributed by atoms with Crippen LogP contribution in [-0.4, -0.2) is 0 Å². The summed E-state index contributed by atoms with van der Waals surface area (Å²) in [5.41, 5.74) is 2.06. The summed E-state index contributed by atoms with van der Waals surface area (Å²) in [4.78, 5) is 0. The zero-order valence-electron chi connectivity index (χ0n) is 13.2. The first-order valence-electron chi connectivity index (χ1n) is 8.37. The lowest BCUT2D eigenvalue weighted by Gasteiger charge is -2.37. The third-order valence-electron chi connectivity index (χ3n) is 8.05. The molecule has 3 aliphatic carbocycles. The Morgan fingerprint density at radius 3 is 2.22 bits per heavy atom. The summed E-state index contributed by atoms with van der Waals surface area (Å²) in [6.07, 6.45) is 10.4. The molecule has 3 fully saturated rings. The number of hydrogen-bond acceptors (Lipinski definition) is 0. The van der Waals surface area contributed by atoms with Gasteiger partial charge in [-0.25, -0.2) is 0 Å². The molecule has 0 heterocycles. The first-order valence-corrected chi connectivity index (χ1v) is 8.37. The largest absolute Gasteiger partial charge is 0.0649 e. The fourth-order valence-corrected chi connectivity index (χ4v) is 5.36. The van der Waals surface area contributed by atoms with Gasteiger partial charge in [-0.1, -0.05) is 53.9 Å². The minimum absolute atomic E-state index is 0.617. The highest BCUT2D eigenvalue weighted by molar-refractivity contribution is 5.20. The standard InChI is InChI=1S/C18H32/c1-6-16(3)12-15-14(9-7-8-13(16)2)18(15,5)17(4)10-11-17/h13-15H,6-12H2,1-5H3. The first kappa shape index (κ1) is 13.0. The Labute approximate surface area is 114 Å². The molecule has 0 nitrogen and oxygen atoms in total. The van der Waals surface area contributed by atoms with Crippen LogP contribution in [0.5, 0.6) is 0 Å². The van der Waals surface area contributed by atoms with Gasteiger partial charge in [0.2, 0.25) is 0 Å². The Morgan fingerprint density at radius 1 is 1.00 bits per heavy atom. The van der Waals surface area contributed by atoms with Crippen LogP contribution in [0.3, 0.4) is 0 Å². The fourth-order valence-electron chi connectivity index (χ4n) is 5.36. The molecule has 0 N–H and O–H groups in total. The molecule has 0 aliphatic heterocycles. The van der Waals surface area contributed by atoms with E-state index in [4.69, 9.17) is 0 Å². The molecule has 3 rings (SSSR count). The lowest BCUT2D eigenvalue weighted by atomic mass is 9.68. The molecule has 3 aliphatic rings. The maximum absolute atomic E-state index is 2.64. The molecule has 0 aromatic rings. The molecule has 3 saturated carbocycles. The molecule has 0 radical (unpaired) electrons. The van der Waals surface area contributed by atoms with Crippen LogP contribution in [-0.2, 0) is 0 Å². The molecule has 0 aromatic carbocycles. The van der Waals surface area contributed by atoms with E-state index in [0.717, 1.165) is 23.2 Å². The van der Waals surface area contributed by atoms with Gasteiger partial charge in [-0.2, -0.15) is 0 Å². The van der Waals surface area contributed by atoms with Crippen LogP contribution in [0, 0.1) is 34.0 Å². The minimum atomic E-state index is 0.617. The van der Waals surface area contributed by atoms with E-state index in [-0.39, 0.29) is 0 Å². The minimum Gasteiger partial charge on any atom is -0.0649 e. The van der Waals surface area contributed by atoms with E-state index in [2.05, 4.69) is 34.6 Å². The van der Waals surface area contributed by atoms with Gasteiger partial charge >= 0.3 is 0 Å². The van der Waals surface area contributed by atoms with Crippen molar-refractivity contribution in [3.05, 3.63) is 0 Å². The van der Waals surface area contributed by atoms with E-state index in [9.17, 15) is 0 Å². The van der Waals surface area contributed by atoms with Gasteiger partial charge < -0.3 is 0 Å². The van der Waals surface area contributed by atoms with Gasteiger partial charge in [0.05, 0.1) is 0 Å². The monoisotopic (exact) mass is 248 g/mol. The Balaban J connectivity index is 1.83. The Kier molecular flexibility index (Phi) is 2.72. The summed E-state index contributed by atoms with van der Waals surface area (Å²) >= 11 is 0. The number of rotatable bonds is 2. The van der Waals surface area contributed by atoms with Crippen molar-refractivity contribution in [1.82, 2.24) is 0 Å². The third kappa shape index (κ3) is 1.56. The van der Waals surface area contributed by atoms with Gasteiger partial charge in [0.15, 0.2) is 0 Å². The highest BCUT2D eigenvalue weighted by atomic mass is 14.8. The van der Waals surface area contributed by atoms with Crippen LogP contribution in [0.15, 0.2) is 0 Å². The van der Waals surface area contributed by atoms with Crippen LogP contribution >= 0.6 is 0 Å². The van der Waals surface area contributed by atoms with Crippen LogP contribution in [0.4, 0.5) is 0 Å². The van der Waals surface area contributed by atoms with Gasteiger partial charge in [-0.05, 0) is 59.7 Å². The zero-order valence-corrected chi connectivity index (χ0v) is 13.2. The Morgan fingerprint density at radius 2 is 1.67 bits per heavy atom. The molecule has 0 heteroatoms. The first-order chi connectivity index (χ1) is 8.37. The average Bonchev–Trinajstić information content (AvgIpc) is 3.20. The quantitative estimate of drug-likeness (QED) is 0.591. The SMILES string of the molecule is CCC1(C)CC2C(CCCC1C)C2(C)C1(C)CC1. The lowest BCUT2D eigenvalue weighted by molar-refractivity contribution is 0.132. The highest BCUT2D eigenvalue weighted by Crippen LogP contribution is 2.79. The van der Waals surface area contributed by atoms with Crippen molar-refractivity contribution in [2.24, 2.45) is 34.0 Å². The second-order valence-electron chi connectivity index (χ2n) is 8.60. The van der Waals surface area contributed by atoms with Crippen LogP contribution < -0.4 is 0 Å². The molecular weight excluding hydrogens is 216 g/mol. The fraction of sp³-hybridized carbons (Fsp3) is 1.00. The molecule has 5 atom stereocenters. The van der Waals surface area contributed by atoms with Gasteiger partial charge in [-0.3, -0.25) is 0 Å². The molecule has 0 spiro atoms. The summed E-state index contributed by atoms with van der Waals surface area (Å²) in [7, 11) is 0. The van der Waals surface area contributed by atoms with Crippen LogP contribution in [0.1, 0.15) is 79.6 Å². The summed E-state index contributed by atoms with van der Waals surface area (Å²) < 4.78 is 0. The van der Waals surface area contributed by atoms with E-state index in [0.29, 0.717) is 10.8 Å². The van der Waals surface area contributed by atoms with Gasteiger partial charge in [-0.15, -0.1) is 0 Å². The Bertz CT molecular complexity index is 340. The van der Waals surface area contributed by atoms with E-state index in [1.807, 2.05) is 0 Å². The van der Waals surface area contributed by atoms with Crippen LogP contribution in [0.25, 0.3) is 0 Å². The highest BCUT2D eigenvalue weighted by Gasteiger charge is 2.72. The predicted octanol–water partition coefficient (Wildman–Crippen LogP) is 5.67. The van der Waals surface area contributed by atoms with Gasteiger partial charge in [0, 0.05) is 0 Å². The number of hydrogen-bond donors (Lipinski definition) is 0. The molecule has 5 unspecified atom stereocenters. The lowest BCUT2D eigenvalue weighted by Crippen LogP contribution is -2.27. The molecule has 104 valence electrons. The van der Waals surface area contributed by atoms with E-state index in [1.165, 1.54) is 44.9 Å². The van der Waals surface area contributed by atoms with Gasteiger partial charge in [0.1, 0.15) is 0 Å². The maximum atomic E-state index is 2.64. The molecule has 0 bridgehead atoms. The molecule has 0 saturated heterocycles.